The Morgan fingerprint density at radius 2 is 2.04 bits per heavy atom. The van der Waals surface area contributed by atoms with E-state index in [-0.39, 0.29) is 11.7 Å². The van der Waals surface area contributed by atoms with Gasteiger partial charge in [0.1, 0.15) is 17.1 Å². The summed E-state index contributed by atoms with van der Waals surface area (Å²) < 4.78 is 1.68. The van der Waals surface area contributed by atoms with E-state index in [1.165, 1.54) is 0 Å². The number of anilines is 1. The number of aromatic nitrogens is 4. The molecule has 1 saturated heterocycles. The van der Waals surface area contributed by atoms with Crippen LogP contribution in [0.3, 0.4) is 0 Å². The fraction of sp³-hybridized carbons (Fsp3) is 0.381. The predicted molar refractivity (Wildman–Crippen MR) is 106 cm³/mol. The highest BCUT2D eigenvalue weighted by Crippen LogP contribution is 2.32. The van der Waals surface area contributed by atoms with Crippen LogP contribution in [0.15, 0.2) is 43.0 Å². The van der Waals surface area contributed by atoms with Crippen LogP contribution in [0.25, 0.3) is 11.0 Å². The number of carbonyl (C=O) groups is 1. The van der Waals surface area contributed by atoms with Gasteiger partial charge >= 0.3 is 0 Å². The summed E-state index contributed by atoms with van der Waals surface area (Å²) in [6.07, 6.45) is 8.35. The third-order valence-corrected chi connectivity index (χ3v) is 5.23. The molecule has 0 radical (unpaired) electrons. The molecule has 7 nitrogen and oxygen atoms in total. The number of piperidine rings is 1. The van der Waals surface area contributed by atoms with Gasteiger partial charge in [0.15, 0.2) is 5.78 Å². The van der Waals surface area contributed by atoms with Crippen LogP contribution < -0.4 is 4.90 Å². The molecule has 0 saturated carbocycles. The van der Waals surface area contributed by atoms with Crippen LogP contribution in [0.1, 0.15) is 25.3 Å². The first kappa shape index (κ1) is 18.1. The monoisotopic (exact) mass is 374 g/mol. The second-order valence-electron chi connectivity index (χ2n) is 7.56. The van der Waals surface area contributed by atoms with E-state index in [0.717, 1.165) is 30.7 Å². The molecule has 0 unspecified atom stereocenters. The average molecular weight is 374 g/mol. The summed E-state index contributed by atoms with van der Waals surface area (Å²) in [5, 5.41) is 13.5. The van der Waals surface area contributed by atoms with Gasteiger partial charge in [-0.1, -0.05) is 6.92 Å². The lowest BCUT2D eigenvalue weighted by Gasteiger charge is -2.38. The Morgan fingerprint density at radius 3 is 2.79 bits per heavy atom. The number of nitrogens with zero attached hydrogens (tertiary/aromatic N) is 6. The summed E-state index contributed by atoms with van der Waals surface area (Å²) in [6, 6.07) is 7.78. The Bertz CT molecular complexity index is 1020. The van der Waals surface area contributed by atoms with Gasteiger partial charge in [-0.15, -0.1) is 0 Å². The van der Waals surface area contributed by atoms with Gasteiger partial charge in [-0.25, -0.2) is 0 Å². The molecular formula is C21H22N6O. The standard InChI is InChI=1S/C21H22N6O/c1-15-9-16(10-18(28)14-27-8-2-5-25-27)13-26(12-15)19-4-3-17(11-22)20-21(19)24-7-6-23-20/h2-8,15-16H,9-10,12-14H2,1H3/t15-,16-/m0/s1. The number of ketones is 1. The number of nitriles is 1. The summed E-state index contributed by atoms with van der Waals surface area (Å²) in [6.45, 7) is 4.24. The number of rotatable bonds is 5. The molecular weight excluding hydrogens is 352 g/mol. The van der Waals surface area contributed by atoms with Crippen molar-refractivity contribution in [3.8, 4) is 6.07 Å². The minimum absolute atomic E-state index is 0.201. The molecule has 0 N–H and O–H groups in total. The van der Waals surface area contributed by atoms with Crippen molar-refractivity contribution in [3.63, 3.8) is 0 Å². The summed E-state index contributed by atoms with van der Waals surface area (Å²) in [4.78, 5) is 23.6. The van der Waals surface area contributed by atoms with Gasteiger partial charge in [0.2, 0.25) is 0 Å². The Hall–Kier alpha value is -3.27. The molecule has 1 aliphatic heterocycles. The third kappa shape index (κ3) is 3.72. The lowest BCUT2D eigenvalue weighted by atomic mass is 9.86. The molecule has 4 rings (SSSR count). The Labute approximate surface area is 163 Å². The van der Waals surface area contributed by atoms with Crippen LogP contribution in [-0.2, 0) is 11.3 Å². The predicted octanol–water partition coefficient (Wildman–Crippen LogP) is 2.82. The Kier molecular flexibility index (Phi) is 5.02. The highest BCUT2D eigenvalue weighted by Gasteiger charge is 2.28. The van der Waals surface area contributed by atoms with Crippen LogP contribution in [0.5, 0.6) is 0 Å². The van der Waals surface area contributed by atoms with Gasteiger partial charge in [0, 0.05) is 44.3 Å². The molecule has 3 aromatic rings. The van der Waals surface area contributed by atoms with E-state index in [1.54, 1.807) is 23.3 Å². The summed E-state index contributed by atoms with van der Waals surface area (Å²) in [5.74, 6) is 0.958. The van der Waals surface area contributed by atoms with Crippen molar-refractivity contribution in [1.82, 2.24) is 19.7 Å². The van der Waals surface area contributed by atoms with Gasteiger partial charge in [-0.05, 0) is 36.5 Å². The topological polar surface area (TPSA) is 87.7 Å². The van der Waals surface area contributed by atoms with Crippen molar-refractivity contribution in [2.24, 2.45) is 11.8 Å². The van der Waals surface area contributed by atoms with Crippen molar-refractivity contribution in [1.29, 1.82) is 5.26 Å². The highest BCUT2D eigenvalue weighted by molar-refractivity contribution is 5.92. The molecule has 3 heterocycles. The first-order chi connectivity index (χ1) is 13.6. The minimum Gasteiger partial charge on any atom is -0.369 e. The number of carbonyl (C=O) groups excluding carboxylic acids is 1. The second-order valence-corrected chi connectivity index (χ2v) is 7.56. The molecule has 0 bridgehead atoms. The maximum Gasteiger partial charge on any atom is 0.154 e. The summed E-state index contributed by atoms with van der Waals surface area (Å²) in [7, 11) is 0. The van der Waals surface area contributed by atoms with E-state index < -0.39 is 0 Å². The van der Waals surface area contributed by atoms with Crippen molar-refractivity contribution in [3.05, 3.63) is 48.5 Å². The fourth-order valence-corrected chi connectivity index (χ4v) is 4.17. The van der Waals surface area contributed by atoms with Gasteiger partial charge < -0.3 is 4.90 Å². The number of fused-ring (bicyclic) bond motifs is 1. The summed E-state index contributed by atoms with van der Waals surface area (Å²) >= 11 is 0. The zero-order valence-electron chi connectivity index (χ0n) is 15.8. The van der Waals surface area contributed by atoms with Gasteiger partial charge in [-0.3, -0.25) is 19.4 Å². The van der Waals surface area contributed by atoms with Gasteiger partial charge in [0.05, 0.1) is 17.8 Å². The highest BCUT2D eigenvalue weighted by atomic mass is 16.1. The lowest BCUT2D eigenvalue weighted by Crippen LogP contribution is -2.40. The smallest absolute Gasteiger partial charge is 0.154 e. The quantitative estimate of drug-likeness (QED) is 0.682. The maximum absolute atomic E-state index is 12.5. The molecule has 28 heavy (non-hydrogen) atoms. The summed E-state index contributed by atoms with van der Waals surface area (Å²) in [5.41, 5.74) is 2.89. The van der Waals surface area contributed by atoms with E-state index in [4.69, 9.17) is 0 Å². The first-order valence-electron chi connectivity index (χ1n) is 9.52. The van der Waals surface area contributed by atoms with Crippen molar-refractivity contribution in [2.45, 2.75) is 26.3 Å². The van der Waals surface area contributed by atoms with Crippen LogP contribution in [0.2, 0.25) is 0 Å². The normalized spacial score (nSPS) is 19.5. The van der Waals surface area contributed by atoms with E-state index >= 15 is 0 Å². The first-order valence-corrected chi connectivity index (χ1v) is 9.52. The zero-order chi connectivity index (χ0) is 19.5. The molecule has 2 atom stereocenters. The van der Waals surface area contributed by atoms with Crippen LogP contribution in [-0.4, -0.2) is 38.6 Å². The van der Waals surface area contributed by atoms with E-state index in [2.05, 4.69) is 33.0 Å². The maximum atomic E-state index is 12.5. The molecule has 2 aromatic heterocycles. The van der Waals surface area contributed by atoms with Crippen molar-refractivity contribution < 1.29 is 4.79 Å². The SMILES string of the molecule is C[C@H]1C[C@@H](CC(=O)Cn2cccn2)CN(c2ccc(C#N)c3nccnc23)C1. The largest absolute Gasteiger partial charge is 0.369 e. The Balaban J connectivity index is 1.55. The van der Waals surface area contributed by atoms with Gasteiger partial charge in [-0.2, -0.15) is 10.4 Å². The van der Waals surface area contributed by atoms with Gasteiger partial charge in [0.25, 0.3) is 0 Å². The van der Waals surface area contributed by atoms with Crippen LogP contribution in [0.4, 0.5) is 5.69 Å². The Morgan fingerprint density at radius 1 is 1.21 bits per heavy atom. The zero-order valence-corrected chi connectivity index (χ0v) is 15.8. The van der Waals surface area contributed by atoms with Crippen molar-refractivity contribution >= 4 is 22.5 Å². The lowest BCUT2D eigenvalue weighted by molar-refractivity contribution is -0.120. The van der Waals surface area contributed by atoms with Crippen LogP contribution >= 0.6 is 0 Å². The second kappa shape index (κ2) is 7.77. The third-order valence-electron chi connectivity index (χ3n) is 5.23. The van der Waals surface area contributed by atoms with E-state index in [0.29, 0.717) is 30.0 Å². The van der Waals surface area contributed by atoms with Crippen molar-refractivity contribution in [2.75, 3.05) is 18.0 Å². The molecule has 1 aromatic carbocycles. The molecule has 1 fully saturated rings. The van der Waals surface area contributed by atoms with Crippen LogP contribution in [0, 0.1) is 23.2 Å². The molecule has 1 aliphatic rings. The van der Waals surface area contributed by atoms with E-state index in [9.17, 15) is 10.1 Å². The molecule has 7 heteroatoms. The number of Topliss-reactive ketones (excluding diaryl/α,β-unsaturated/α-hetero) is 1. The number of benzene rings is 1. The average Bonchev–Trinajstić information content (AvgIpc) is 3.19. The molecule has 142 valence electrons. The minimum atomic E-state index is 0.201. The number of hydrogen-bond donors (Lipinski definition) is 0. The molecule has 0 amide bonds. The number of hydrogen-bond acceptors (Lipinski definition) is 6. The molecule has 0 spiro atoms. The molecule has 0 aliphatic carbocycles. The fourth-order valence-electron chi connectivity index (χ4n) is 4.17. The van der Waals surface area contributed by atoms with E-state index in [1.807, 2.05) is 24.4 Å².